The van der Waals surface area contributed by atoms with Crippen molar-refractivity contribution in [3.05, 3.63) is 58.9 Å². The maximum absolute atomic E-state index is 13.7. The Labute approximate surface area is 105 Å². The zero-order chi connectivity index (χ0) is 13.3. The topological polar surface area (TPSA) is 17.0 Å². The van der Waals surface area contributed by atoms with Crippen LogP contribution in [0, 0.1) is 25.5 Å². The smallest absolute Gasteiger partial charge is 0.164 e. The Hall–Kier alpha value is -1.84. The molecule has 1 aromatic carbocycles. The first-order chi connectivity index (χ1) is 8.50. The lowest BCUT2D eigenvalue weighted by Gasteiger charge is -2.20. The summed E-state index contributed by atoms with van der Waals surface area (Å²) in [5.74, 6) is -1.61. The van der Waals surface area contributed by atoms with Gasteiger partial charge in [0.2, 0.25) is 0 Å². The van der Waals surface area contributed by atoms with Gasteiger partial charge >= 0.3 is 0 Å². The summed E-state index contributed by atoms with van der Waals surface area (Å²) < 4.78 is 28.7. The Balaban J connectivity index is 2.28. The van der Waals surface area contributed by atoms with E-state index in [1.54, 1.807) is 13.0 Å². The molecule has 0 radical (unpaired) electrons. The molecule has 0 fully saturated rings. The predicted octanol–water partition coefficient (Wildman–Crippen LogP) is 3.69. The number of nitrogens with one attached hydrogen (secondary N) is 1. The lowest BCUT2D eigenvalue weighted by Crippen LogP contribution is -2.21. The molecule has 1 heterocycles. The molecule has 4 heteroatoms. The average Bonchev–Trinajstić information content (AvgIpc) is 2.64. The minimum Gasteiger partial charge on any atom is -0.319 e. The van der Waals surface area contributed by atoms with E-state index in [1.807, 2.05) is 30.7 Å². The van der Waals surface area contributed by atoms with Gasteiger partial charge in [-0.15, -0.1) is 0 Å². The number of benzene rings is 1. The Morgan fingerprint density at radius 3 is 2.28 bits per heavy atom. The zero-order valence-corrected chi connectivity index (χ0v) is 10.7. The molecule has 2 aromatic rings. The van der Waals surface area contributed by atoms with Crippen molar-refractivity contribution in [2.45, 2.75) is 26.8 Å². The third-order valence-corrected chi connectivity index (χ3v) is 3.04. The van der Waals surface area contributed by atoms with E-state index in [1.165, 1.54) is 6.07 Å². The van der Waals surface area contributed by atoms with Crippen molar-refractivity contribution in [2.24, 2.45) is 0 Å². The molecule has 0 amide bonds. The Bertz CT molecular complexity index is 541. The van der Waals surface area contributed by atoms with Gasteiger partial charge in [0.25, 0.3) is 0 Å². The van der Waals surface area contributed by atoms with Crippen LogP contribution in [0.15, 0.2) is 30.3 Å². The van der Waals surface area contributed by atoms with Crippen LogP contribution in [-0.2, 0) is 0 Å². The van der Waals surface area contributed by atoms with E-state index in [0.717, 1.165) is 17.5 Å². The van der Waals surface area contributed by atoms with Gasteiger partial charge in [0, 0.05) is 17.0 Å². The van der Waals surface area contributed by atoms with Gasteiger partial charge in [0.05, 0.1) is 6.04 Å². The van der Waals surface area contributed by atoms with Crippen molar-refractivity contribution < 1.29 is 8.78 Å². The fourth-order valence-corrected chi connectivity index (χ4v) is 1.99. The second kappa shape index (κ2) is 4.80. The largest absolute Gasteiger partial charge is 0.319 e. The van der Waals surface area contributed by atoms with E-state index in [-0.39, 0.29) is 6.04 Å². The molecule has 0 aliphatic heterocycles. The fourth-order valence-electron chi connectivity index (χ4n) is 1.99. The van der Waals surface area contributed by atoms with Crippen molar-refractivity contribution in [1.82, 2.24) is 4.68 Å². The number of halogens is 2. The van der Waals surface area contributed by atoms with Crippen molar-refractivity contribution in [3.8, 4) is 0 Å². The lowest BCUT2D eigenvalue weighted by atomic mass is 10.1. The first-order valence-corrected chi connectivity index (χ1v) is 5.86. The highest BCUT2D eigenvalue weighted by molar-refractivity contribution is 5.25. The normalized spacial score (nSPS) is 12.5. The van der Waals surface area contributed by atoms with E-state index >= 15 is 0 Å². The second-order valence-corrected chi connectivity index (χ2v) is 4.45. The van der Waals surface area contributed by atoms with Crippen molar-refractivity contribution in [3.63, 3.8) is 0 Å². The van der Waals surface area contributed by atoms with Gasteiger partial charge in [-0.05, 0) is 39.0 Å². The van der Waals surface area contributed by atoms with Crippen LogP contribution in [0.2, 0.25) is 0 Å². The number of aryl methyl sites for hydroxylation is 2. The summed E-state index contributed by atoms with van der Waals surface area (Å²) >= 11 is 0. The van der Waals surface area contributed by atoms with Gasteiger partial charge in [-0.2, -0.15) is 0 Å². The first kappa shape index (κ1) is 12.6. The van der Waals surface area contributed by atoms with Crippen LogP contribution < -0.4 is 5.43 Å². The summed E-state index contributed by atoms with van der Waals surface area (Å²) in [6.45, 7) is 5.71. The van der Waals surface area contributed by atoms with E-state index in [0.29, 0.717) is 5.56 Å². The molecule has 18 heavy (non-hydrogen) atoms. The molecule has 2 rings (SSSR count). The van der Waals surface area contributed by atoms with Crippen LogP contribution in [-0.4, -0.2) is 4.68 Å². The Kier molecular flexibility index (Phi) is 3.36. The molecular formula is C14H16F2N2. The standard InChI is InChI=1S/C14H16F2N2/c1-9-7-8-10(2)18(9)17-11(3)12-5-4-6-13(15)14(12)16/h4-8,11,17H,1-3H3. The molecule has 1 N–H and O–H groups in total. The summed E-state index contributed by atoms with van der Waals surface area (Å²) in [6.07, 6.45) is 0. The van der Waals surface area contributed by atoms with Crippen molar-refractivity contribution in [2.75, 3.05) is 5.43 Å². The monoisotopic (exact) mass is 250 g/mol. The summed E-state index contributed by atoms with van der Waals surface area (Å²) in [4.78, 5) is 0. The number of rotatable bonds is 3. The molecule has 0 aliphatic rings. The van der Waals surface area contributed by atoms with Gasteiger partial charge in [0.1, 0.15) is 0 Å². The van der Waals surface area contributed by atoms with Crippen LogP contribution in [0.3, 0.4) is 0 Å². The first-order valence-electron chi connectivity index (χ1n) is 5.86. The van der Waals surface area contributed by atoms with Crippen LogP contribution in [0.4, 0.5) is 8.78 Å². The van der Waals surface area contributed by atoms with E-state index in [4.69, 9.17) is 0 Å². The van der Waals surface area contributed by atoms with Crippen LogP contribution in [0.5, 0.6) is 0 Å². The number of hydrogen-bond donors (Lipinski definition) is 1. The van der Waals surface area contributed by atoms with E-state index < -0.39 is 11.6 Å². The van der Waals surface area contributed by atoms with Crippen molar-refractivity contribution in [1.29, 1.82) is 0 Å². The summed E-state index contributed by atoms with van der Waals surface area (Å²) in [5.41, 5.74) is 5.52. The summed E-state index contributed by atoms with van der Waals surface area (Å²) in [5, 5.41) is 0. The quantitative estimate of drug-likeness (QED) is 0.879. The molecule has 96 valence electrons. The highest BCUT2D eigenvalue weighted by atomic mass is 19.2. The minimum absolute atomic E-state index is 0.314. The van der Waals surface area contributed by atoms with Crippen LogP contribution >= 0.6 is 0 Å². The summed E-state index contributed by atoms with van der Waals surface area (Å²) in [6, 6.07) is 7.85. The molecule has 0 bridgehead atoms. The third-order valence-electron chi connectivity index (χ3n) is 3.04. The molecule has 0 spiro atoms. The summed E-state index contributed by atoms with van der Waals surface area (Å²) in [7, 11) is 0. The molecule has 1 atom stereocenters. The SMILES string of the molecule is Cc1ccc(C)n1NC(C)c1cccc(F)c1F. The second-order valence-electron chi connectivity index (χ2n) is 4.45. The predicted molar refractivity (Wildman–Crippen MR) is 68.0 cm³/mol. The van der Waals surface area contributed by atoms with Gasteiger partial charge in [-0.25, -0.2) is 8.78 Å². The molecule has 1 unspecified atom stereocenters. The molecular weight excluding hydrogens is 234 g/mol. The Morgan fingerprint density at radius 2 is 1.67 bits per heavy atom. The van der Waals surface area contributed by atoms with E-state index in [2.05, 4.69) is 5.43 Å². The molecule has 1 aromatic heterocycles. The van der Waals surface area contributed by atoms with Gasteiger partial charge in [-0.1, -0.05) is 12.1 Å². The highest BCUT2D eigenvalue weighted by Crippen LogP contribution is 2.20. The molecule has 0 saturated heterocycles. The molecule has 0 aliphatic carbocycles. The Morgan fingerprint density at radius 1 is 1.06 bits per heavy atom. The average molecular weight is 250 g/mol. The molecule has 2 nitrogen and oxygen atoms in total. The molecule has 0 saturated carbocycles. The van der Waals surface area contributed by atoms with Crippen molar-refractivity contribution >= 4 is 0 Å². The fraction of sp³-hybridized carbons (Fsp3) is 0.286. The number of nitrogens with zero attached hydrogens (tertiary/aromatic N) is 1. The van der Waals surface area contributed by atoms with Gasteiger partial charge in [-0.3, -0.25) is 4.68 Å². The van der Waals surface area contributed by atoms with Crippen LogP contribution in [0.1, 0.15) is 29.9 Å². The van der Waals surface area contributed by atoms with Crippen LogP contribution in [0.25, 0.3) is 0 Å². The van der Waals surface area contributed by atoms with Gasteiger partial charge in [0.15, 0.2) is 11.6 Å². The zero-order valence-electron chi connectivity index (χ0n) is 10.7. The highest BCUT2D eigenvalue weighted by Gasteiger charge is 2.15. The van der Waals surface area contributed by atoms with Gasteiger partial charge < -0.3 is 5.43 Å². The van der Waals surface area contributed by atoms with E-state index in [9.17, 15) is 8.78 Å². The lowest BCUT2D eigenvalue weighted by molar-refractivity contribution is 0.491. The number of aromatic nitrogens is 1. The maximum Gasteiger partial charge on any atom is 0.164 e. The maximum atomic E-state index is 13.7. The third kappa shape index (κ3) is 2.23. The number of hydrogen-bond acceptors (Lipinski definition) is 1. The minimum atomic E-state index is -0.818.